The molecule has 0 aliphatic heterocycles. The smallest absolute Gasteiger partial charge is 0.358 e. The zero-order valence-corrected chi connectivity index (χ0v) is 8.78. The van der Waals surface area contributed by atoms with Gasteiger partial charge in [-0.2, -0.15) is 9.94 Å². The van der Waals surface area contributed by atoms with Gasteiger partial charge in [0.2, 0.25) is 0 Å². The second kappa shape index (κ2) is 4.45. The predicted molar refractivity (Wildman–Crippen MR) is 59.1 cm³/mol. The molecular formula is C11H8N4O2. The van der Waals surface area contributed by atoms with Gasteiger partial charge in [0.25, 0.3) is 0 Å². The van der Waals surface area contributed by atoms with Crippen molar-refractivity contribution < 1.29 is 4.92 Å². The van der Waals surface area contributed by atoms with Crippen LogP contribution in [0.4, 0.5) is 5.82 Å². The summed E-state index contributed by atoms with van der Waals surface area (Å²) in [7, 11) is 0. The normalized spacial score (nSPS) is 9.82. The van der Waals surface area contributed by atoms with E-state index in [-0.39, 0.29) is 5.56 Å². The Morgan fingerprint density at radius 2 is 2.12 bits per heavy atom. The van der Waals surface area contributed by atoms with Crippen LogP contribution in [0.25, 0.3) is 0 Å². The number of benzene rings is 1. The highest BCUT2D eigenvalue weighted by Crippen LogP contribution is 2.15. The van der Waals surface area contributed by atoms with Crippen molar-refractivity contribution in [3.05, 3.63) is 57.8 Å². The standard InChI is InChI=1S/C11H8N4O2/c12-6-10-8-14(13-11(10)15(16)17)7-9-4-2-1-3-5-9/h1-5,8H,7H2. The fourth-order valence-corrected chi connectivity index (χ4v) is 1.48. The Kier molecular flexibility index (Phi) is 2.83. The van der Waals surface area contributed by atoms with Crippen LogP contribution in [-0.4, -0.2) is 14.7 Å². The zero-order valence-electron chi connectivity index (χ0n) is 8.78. The molecule has 1 aromatic heterocycles. The second-order valence-corrected chi connectivity index (χ2v) is 3.42. The highest BCUT2D eigenvalue weighted by Gasteiger charge is 2.20. The van der Waals surface area contributed by atoms with Crippen LogP contribution in [0, 0.1) is 21.4 Å². The number of aromatic nitrogens is 2. The first-order valence-electron chi connectivity index (χ1n) is 4.86. The average molecular weight is 228 g/mol. The van der Waals surface area contributed by atoms with Gasteiger partial charge in [-0.05, 0) is 10.5 Å². The number of nitrogens with zero attached hydrogens (tertiary/aromatic N) is 4. The first-order chi connectivity index (χ1) is 8.20. The molecule has 17 heavy (non-hydrogen) atoms. The molecule has 84 valence electrons. The summed E-state index contributed by atoms with van der Waals surface area (Å²) in [6.45, 7) is 0.406. The number of hydrogen-bond acceptors (Lipinski definition) is 4. The molecule has 0 saturated heterocycles. The van der Waals surface area contributed by atoms with Crippen LogP contribution < -0.4 is 0 Å². The van der Waals surface area contributed by atoms with E-state index in [4.69, 9.17) is 5.26 Å². The maximum Gasteiger partial charge on any atom is 0.407 e. The molecule has 6 nitrogen and oxygen atoms in total. The number of rotatable bonds is 3. The van der Waals surface area contributed by atoms with Crippen molar-refractivity contribution in [1.82, 2.24) is 9.78 Å². The number of nitriles is 1. The SMILES string of the molecule is N#Cc1cn(Cc2ccccc2)nc1[N+](=O)[O-]. The van der Waals surface area contributed by atoms with Crippen LogP contribution in [0.5, 0.6) is 0 Å². The highest BCUT2D eigenvalue weighted by atomic mass is 16.6. The van der Waals surface area contributed by atoms with E-state index in [0.29, 0.717) is 6.54 Å². The van der Waals surface area contributed by atoms with Gasteiger partial charge in [0, 0.05) is 0 Å². The van der Waals surface area contributed by atoms with Gasteiger partial charge in [-0.1, -0.05) is 30.3 Å². The van der Waals surface area contributed by atoms with E-state index in [1.807, 2.05) is 30.3 Å². The van der Waals surface area contributed by atoms with Crippen molar-refractivity contribution in [3.8, 4) is 6.07 Å². The first-order valence-corrected chi connectivity index (χ1v) is 4.86. The number of nitro groups is 1. The van der Waals surface area contributed by atoms with E-state index in [0.717, 1.165) is 5.56 Å². The largest absolute Gasteiger partial charge is 0.407 e. The van der Waals surface area contributed by atoms with Crippen molar-refractivity contribution in [2.75, 3.05) is 0 Å². The van der Waals surface area contributed by atoms with E-state index in [9.17, 15) is 10.1 Å². The zero-order chi connectivity index (χ0) is 12.3. The van der Waals surface area contributed by atoms with E-state index in [1.165, 1.54) is 10.9 Å². The van der Waals surface area contributed by atoms with E-state index in [2.05, 4.69) is 5.10 Å². The lowest BCUT2D eigenvalue weighted by Gasteiger charge is -1.96. The Bertz CT molecular complexity index is 583. The monoisotopic (exact) mass is 228 g/mol. The van der Waals surface area contributed by atoms with E-state index < -0.39 is 10.7 Å². The molecule has 0 saturated carbocycles. The molecule has 0 aliphatic rings. The van der Waals surface area contributed by atoms with Gasteiger partial charge in [-0.25, -0.2) is 0 Å². The molecule has 1 aromatic carbocycles. The molecule has 0 bridgehead atoms. The minimum Gasteiger partial charge on any atom is -0.358 e. The lowest BCUT2D eigenvalue weighted by atomic mass is 10.2. The third-order valence-corrected chi connectivity index (χ3v) is 2.22. The predicted octanol–water partition coefficient (Wildman–Crippen LogP) is 1.71. The molecule has 0 aliphatic carbocycles. The summed E-state index contributed by atoms with van der Waals surface area (Å²) < 4.78 is 1.39. The third kappa shape index (κ3) is 2.29. The van der Waals surface area contributed by atoms with Crippen molar-refractivity contribution in [1.29, 1.82) is 5.26 Å². The molecule has 2 aromatic rings. The highest BCUT2D eigenvalue weighted by molar-refractivity contribution is 5.41. The lowest BCUT2D eigenvalue weighted by Crippen LogP contribution is -2.00. The van der Waals surface area contributed by atoms with Crippen LogP contribution in [0.2, 0.25) is 0 Å². The Balaban J connectivity index is 2.30. The Hall–Kier alpha value is -2.68. The Morgan fingerprint density at radius 3 is 2.65 bits per heavy atom. The van der Waals surface area contributed by atoms with Gasteiger partial charge in [0.05, 0.1) is 17.8 Å². The Labute approximate surface area is 96.9 Å². The minimum atomic E-state index is -0.653. The molecule has 0 radical (unpaired) electrons. The maximum absolute atomic E-state index is 10.6. The third-order valence-electron chi connectivity index (χ3n) is 2.22. The van der Waals surface area contributed by atoms with Crippen molar-refractivity contribution in [2.24, 2.45) is 0 Å². The quantitative estimate of drug-likeness (QED) is 0.591. The summed E-state index contributed by atoms with van der Waals surface area (Å²) in [5.41, 5.74) is 0.945. The van der Waals surface area contributed by atoms with Crippen molar-refractivity contribution in [3.63, 3.8) is 0 Å². The van der Waals surface area contributed by atoms with Crippen LogP contribution in [0.1, 0.15) is 11.1 Å². The van der Waals surface area contributed by atoms with Gasteiger partial charge in [0.15, 0.2) is 5.56 Å². The molecule has 0 fully saturated rings. The summed E-state index contributed by atoms with van der Waals surface area (Å²) in [6.07, 6.45) is 1.38. The fraction of sp³-hybridized carbons (Fsp3) is 0.0909. The summed E-state index contributed by atoms with van der Waals surface area (Å²) >= 11 is 0. The second-order valence-electron chi connectivity index (χ2n) is 3.42. The summed E-state index contributed by atoms with van der Waals surface area (Å²) in [4.78, 5) is 9.97. The molecule has 0 spiro atoms. The molecule has 0 amide bonds. The first kappa shape index (κ1) is 10.8. The van der Waals surface area contributed by atoms with E-state index >= 15 is 0 Å². The van der Waals surface area contributed by atoms with Crippen molar-refractivity contribution >= 4 is 5.82 Å². The van der Waals surface area contributed by atoms with Crippen LogP contribution in [0.15, 0.2) is 36.5 Å². The summed E-state index contributed by atoms with van der Waals surface area (Å²) in [5, 5.41) is 23.1. The molecule has 1 heterocycles. The van der Waals surface area contributed by atoms with Crippen molar-refractivity contribution in [2.45, 2.75) is 6.54 Å². The molecule has 0 atom stereocenters. The number of hydrogen-bond donors (Lipinski definition) is 0. The van der Waals surface area contributed by atoms with Gasteiger partial charge < -0.3 is 10.1 Å². The molecule has 2 rings (SSSR count). The molecule has 0 unspecified atom stereocenters. The molecule has 0 N–H and O–H groups in total. The summed E-state index contributed by atoms with van der Waals surface area (Å²) in [5.74, 6) is -0.400. The maximum atomic E-state index is 10.6. The Morgan fingerprint density at radius 1 is 1.41 bits per heavy atom. The van der Waals surface area contributed by atoms with Crippen LogP contribution >= 0.6 is 0 Å². The van der Waals surface area contributed by atoms with E-state index in [1.54, 1.807) is 6.07 Å². The van der Waals surface area contributed by atoms with Gasteiger partial charge in [-0.15, -0.1) is 0 Å². The minimum absolute atomic E-state index is 0.0223. The van der Waals surface area contributed by atoms with Gasteiger partial charge in [-0.3, -0.25) is 0 Å². The summed E-state index contributed by atoms with van der Waals surface area (Å²) in [6, 6.07) is 11.2. The fourth-order valence-electron chi connectivity index (χ4n) is 1.48. The van der Waals surface area contributed by atoms with Crippen LogP contribution in [0.3, 0.4) is 0 Å². The average Bonchev–Trinajstić information content (AvgIpc) is 2.73. The van der Waals surface area contributed by atoms with Gasteiger partial charge >= 0.3 is 5.82 Å². The van der Waals surface area contributed by atoms with Gasteiger partial charge in [0.1, 0.15) is 6.07 Å². The van der Waals surface area contributed by atoms with Crippen LogP contribution in [-0.2, 0) is 6.54 Å². The molecular weight excluding hydrogens is 220 g/mol. The molecule has 6 heteroatoms. The lowest BCUT2D eigenvalue weighted by molar-refractivity contribution is -0.390. The topological polar surface area (TPSA) is 84.8 Å².